The van der Waals surface area contributed by atoms with Crippen LogP contribution in [0.1, 0.15) is 38.4 Å². The number of aromatic nitrogens is 2. The Hall–Kier alpha value is -1.40. The van der Waals surface area contributed by atoms with Crippen molar-refractivity contribution < 1.29 is 9.53 Å². The Morgan fingerprint density at radius 3 is 2.71 bits per heavy atom. The molecule has 6 heteroatoms. The fourth-order valence-corrected chi connectivity index (χ4v) is 3.71. The van der Waals surface area contributed by atoms with Crippen molar-refractivity contribution in [3.05, 3.63) is 18.2 Å². The van der Waals surface area contributed by atoms with Crippen molar-refractivity contribution in [2.75, 3.05) is 39.4 Å². The van der Waals surface area contributed by atoms with Crippen LogP contribution < -0.4 is 0 Å². The van der Waals surface area contributed by atoms with Gasteiger partial charge in [-0.15, -0.1) is 0 Å². The minimum absolute atomic E-state index is 0.311. The Labute approximate surface area is 144 Å². The van der Waals surface area contributed by atoms with E-state index in [4.69, 9.17) is 4.74 Å². The normalized spacial score (nSPS) is 20.5. The maximum Gasteiger partial charge on any atom is 0.222 e. The van der Waals surface area contributed by atoms with Crippen LogP contribution in [-0.2, 0) is 22.6 Å². The first kappa shape index (κ1) is 17.4. The van der Waals surface area contributed by atoms with Crippen LogP contribution in [0.2, 0.25) is 0 Å². The van der Waals surface area contributed by atoms with Crippen LogP contribution in [0.15, 0.2) is 12.4 Å². The molecule has 0 spiro atoms. The highest BCUT2D eigenvalue weighted by Crippen LogP contribution is 2.23. The number of likely N-dealkylation sites (tertiary alicyclic amines) is 1. The minimum atomic E-state index is 0.311. The maximum absolute atomic E-state index is 12.2. The van der Waals surface area contributed by atoms with E-state index in [-0.39, 0.29) is 0 Å². The van der Waals surface area contributed by atoms with Crippen molar-refractivity contribution in [3.63, 3.8) is 0 Å². The lowest BCUT2D eigenvalue weighted by Crippen LogP contribution is -2.41. The lowest BCUT2D eigenvalue weighted by atomic mass is 9.92. The molecule has 0 atom stereocenters. The molecule has 24 heavy (non-hydrogen) atoms. The Bertz CT molecular complexity index is 517. The molecule has 3 heterocycles. The largest absolute Gasteiger partial charge is 0.378 e. The van der Waals surface area contributed by atoms with Gasteiger partial charge in [-0.25, -0.2) is 4.98 Å². The van der Waals surface area contributed by atoms with E-state index < -0.39 is 0 Å². The predicted octanol–water partition coefficient (Wildman–Crippen LogP) is 1.75. The molecule has 0 aromatic carbocycles. The van der Waals surface area contributed by atoms with Crippen molar-refractivity contribution in [1.82, 2.24) is 19.4 Å². The van der Waals surface area contributed by atoms with E-state index in [1.54, 1.807) is 0 Å². The van der Waals surface area contributed by atoms with Crippen molar-refractivity contribution in [2.24, 2.45) is 5.92 Å². The molecular weight excluding hydrogens is 304 g/mol. The fraction of sp³-hybridized carbons (Fsp3) is 0.778. The van der Waals surface area contributed by atoms with Crippen LogP contribution in [0.25, 0.3) is 0 Å². The van der Waals surface area contributed by atoms with Crippen LogP contribution >= 0.6 is 0 Å². The highest BCUT2D eigenvalue weighted by Gasteiger charge is 2.23. The molecule has 0 saturated carbocycles. The van der Waals surface area contributed by atoms with Gasteiger partial charge in [0.05, 0.1) is 19.8 Å². The summed E-state index contributed by atoms with van der Waals surface area (Å²) in [6, 6.07) is 0. The van der Waals surface area contributed by atoms with Gasteiger partial charge in [0.25, 0.3) is 0 Å². The molecule has 0 aliphatic carbocycles. The van der Waals surface area contributed by atoms with Gasteiger partial charge in [0.15, 0.2) is 0 Å². The van der Waals surface area contributed by atoms with E-state index in [0.717, 1.165) is 45.7 Å². The van der Waals surface area contributed by atoms with Crippen LogP contribution in [0, 0.1) is 5.92 Å². The SMILES string of the molecule is CCn1ccnc1CN1CCC(CCC(=O)N2CCOCC2)CC1. The molecule has 0 N–H and O–H groups in total. The van der Waals surface area contributed by atoms with Crippen molar-refractivity contribution in [2.45, 2.75) is 45.7 Å². The molecule has 6 nitrogen and oxygen atoms in total. The Kier molecular flexibility index (Phi) is 6.26. The summed E-state index contributed by atoms with van der Waals surface area (Å²) in [5, 5.41) is 0. The van der Waals surface area contributed by atoms with Crippen LogP contribution in [0.4, 0.5) is 0 Å². The smallest absolute Gasteiger partial charge is 0.222 e. The summed E-state index contributed by atoms with van der Waals surface area (Å²) in [6.07, 6.45) is 8.08. The number of rotatable bonds is 6. The number of hydrogen-bond acceptors (Lipinski definition) is 4. The van der Waals surface area contributed by atoms with Crippen molar-refractivity contribution in [3.8, 4) is 0 Å². The Morgan fingerprint density at radius 2 is 2.00 bits per heavy atom. The van der Waals surface area contributed by atoms with E-state index in [9.17, 15) is 4.79 Å². The second-order valence-electron chi connectivity index (χ2n) is 6.88. The van der Waals surface area contributed by atoms with Gasteiger partial charge in [-0.05, 0) is 45.2 Å². The molecule has 2 aliphatic rings. The van der Waals surface area contributed by atoms with Gasteiger partial charge in [0.1, 0.15) is 5.82 Å². The van der Waals surface area contributed by atoms with Crippen LogP contribution in [-0.4, -0.2) is 64.7 Å². The van der Waals surface area contributed by atoms with Gasteiger partial charge in [-0.3, -0.25) is 9.69 Å². The van der Waals surface area contributed by atoms with Gasteiger partial charge in [0.2, 0.25) is 5.91 Å². The standard InChI is InChI=1S/C18H30N4O2/c1-2-21-10-7-19-17(21)15-20-8-5-16(6-9-20)3-4-18(23)22-11-13-24-14-12-22/h7,10,16H,2-6,8-9,11-15H2,1H3. The average Bonchev–Trinajstić information content (AvgIpc) is 3.08. The Balaban J connectivity index is 1.36. The number of carbonyl (C=O) groups excluding carboxylic acids is 1. The number of aryl methyl sites for hydroxylation is 1. The van der Waals surface area contributed by atoms with Crippen LogP contribution in [0.3, 0.4) is 0 Å². The molecule has 2 fully saturated rings. The van der Waals surface area contributed by atoms with Gasteiger partial charge in [-0.2, -0.15) is 0 Å². The third kappa shape index (κ3) is 4.57. The van der Waals surface area contributed by atoms with Crippen molar-refractivity contribution >= 4 is 5.91 Å². The third-order valence-electron chi connectivity index (χ3n) is 5.34. The molecule has 0 unspecified atom stereocenters. The minimum Gasteiger partial charge on any atom is -0.378 e. The number of hydrogen-bond donors (Lipinski definition) is 0. The molecule has 134 valence electrons. The average molecular weight is 334 g/mol. The number of amides is 1. The maximum atomic E-state index is 12.2. The summed E-state index contributed by atoms with van der Waals surface area (Å²) in [6.45, 7) is 9.23. The number of nitrogens with zero attached hydrogens (tertiary/aromatic N) is 4. The number of imidazole rings is 1. The van der Waals surface area contributed by atoms with E-state index in [2.05, 4.69) is 27.6 Å². The molecule has 3 rings (SSSR count). The molecular formula is C18H30N4O2. The second kappa shape index (κ2) is 8.62. The number of ether oxygens (including phenoxy) is 1. The van der Waals surface area contributed by atoms with E-state index in [1.165, 1.54) is 18.7 Å². The zero-order valence-corrected chi connectivity index (χ0v) is 14.8. The van der Waals surface area contributed by atoms with E-state index in [1.807, 2.05) is 11.1 Å². The lowest BCUT2D eigenvalue weighted by molar-refractivity contribution is -0.135. The fourth-order valence-electron chi connectivity index (χ4n) is 3.71. The van der Waals surface area contributed by atoms with Gasteiger partial charge in [0, 0.05) is 38.4 Å². The summed E-state index contributed by atoms with van der Waals surface area (Å²) < 4.78 is 7.52. The Morgan fingerprint density at radius 1 is 1.25 bits per heavy atom. The predicted molar refractivity (Wildman–Crippen MR) is 92.5 cm³/mol. The molecule has 2 saturated heterocycles. The second-order valence-corrected chi connectivity index (χ2v) is 6.88. The zero-order valence-electron chi connectivity index (χ0n) is 14.8. The quantitative estimate of drug-likeness (QED) is 0.795. The third-order valence-corrected chi connectivity index (χ3v) is 5.34. The molecule has 1 amide bonds. The highest BCUT2D eigenvalue weighted by atomic mass is 16.5. The molecule has 1 aromatic rings. The molecule has 1 aromatic heterocycles. The first-order valence-corrected chi connectivity index (χ1v) is 9.34. The number of carbonyl (C=O) groups is 1. The van der Waals surface area contributed by atoms with E-state index in [0.29, 0.717) is 31.5 Å². The van der Waals surface area contributed by atoms with Gasteiger partial charge < -0.3 is 14.2 Å². The van der Waals surface area contributed by atoms with Gasteiger partial charge in [-0.1, -0.05) is 0 Å². The summed E-state index contributed by atoms with van der Waals surface area (Å²) in [5.41, 5.74) is 0. The monoisotopic (exact) mass is 334 g/mol. The number of morpholine rings is 1. The molecule has 0 radical (unpaired) electrons. The van der Waals surface area contributed by atoms with Crippen LogP contribution in [0.5, 0.6) is 0 Å². The summed E-state index contributed by atoms with van der Waals surface area (Å²) in [4.78, 5) is 21.2. The topological polar surface area (TPSA) is 50.6 Å². The van der Waals surface area contributed by atoms with Crippen molar-refractivity contribution in [1.29, 1.82) is 0 Å². The first-order chi connectivity index (χ1) is 11.8. The van der Waals surface area contributed by atoms with E-state index >= 15 is 0 Å². The van der Waals surface area contributed by atoms with Gasteiger partial charge >= 0.3 is 0 Å². The molecule has 2 aliphatic heterocycles. The summed E-state index contributed by atoms with van der Waals surface area (Å²) in [5.74, 6) is 2.17. The number of piperidine rings is 1. The first-order valence-electron chi connectivity index (χ1n) is 9.34. The lowest BCUT2D eigenvalue weighted by Gasteiger charge is -2.32. The molecule has 0 bridgehead atoms. The summed E-state index contributed by atoms with van der Waals surface area (Å²) in [7, 11) is 0. The highest BCUT2D eigenvalue weighted by molar-refractivity contribution is 5.76. The zero-order chi connectivity index (χ0) is 16.8. The summed E-state index contributed by atoms with van der Waals surface area (Å²) >= 11 is 0.